The number of carbonyl (C=O) groups excluding carboxylic acids is 2. The molecular weight excluding hydrogens is 420 g/mol. The zero-order valence-corrected chi connectivity index (χ0v) is 19.5. The summed E-state index contributed by atoms with van der Waals surface area (Å²) < 4.78 is 1.94. The molecule has 7 heteroatoms. The molecule has 32 heavy (non-hydrogen) atoms. The Bertz CT molecular complexity index is 1080. The first-order chi connectivity index (χ1) is 15.6. The Hall–Kier alpha value is -2.67. The average molecular weight is 451 g/mol. The summed E-state index contributed by atoms with van der Waals surface area (Å²) in [7, 11) is 0. The molecule has 6 nitrogen and oxygen atoms in total. The minimum absolute atomic E-state index is 0.0255. The number of hydrogen-bond donors (Lipinski definition) is 1. The third-order valence-corrected chi connectivity index (χ3v) is 7.01. The molecule has 1 amide bonds. The largest absolute Gasteiger partial charge is 0.346 e. The number of hydrogen-bond acceptors (Lipinski definition) is 5. The second-order valence-corrected chi connectivity index (χ2v) is 9.54. The molecular formula is C25H30N4O2S. The lowest BCUT2D eigenvalue weighted by Crippen LogP contribution is -2.33. The summed E-state index contributed by atoms with van der Waals surface area (Å²) in [5, 5.41) is 11.8. The molecule has 3 aromatic rings. The van der Waals surface area contributed by atoms with Crippen molar-refractivity contribution in [3.63, 3.8) is 0 Å². The smallest absolute Gasteiger partial charge is 0.227 e. The van der Waals surface area contributed by atoms with Crippen LogP contribution in [0.1, 0.15) is 61.5 Å². The molecule has 1 aromatic carbocycles. The second-order valence-electron chi connectivity index (χ2n) is 8.55. The molecule has 1 fully saturated rings. The van der Waals surface area contributed by atoms with Crippen LogP contribution in [0, 0.1) is 5.92 Å². The maximum absolute atomic E-state index is 13.1. The standard InChI is InChI=1S/C25H30N4O2S/c1-17(19-11-9-18(10-12-19)16-20-6-5-7-22(20)30)25(31)26-21(13-15-32-2)24-28-27-23-8-3-4-14-29(23)24/h3-4,8-12,14,17,20-21H,5-7,13,15-16H2,1-2H3,(H,26,31)/t17-,20+,21-/m0/s1. The summed E-state index contributed by atoms with van der Waals surface area (Å²) in [5.74, 6) is 1.91. The lowest BCUT2D eigenvalue weighted by molar-refractivity contribution is -0.123. The summed E-state index contributed by atoms with van der Waals surface area (Å²) in [4.78, 5) is 25.1. The molecule has 1 aliphatic rings. The van der Waals surface area contributed by atoms with Gasteiger partial charge in [0.15, 0.2) is 11.5 Å². The topological polar surface area (TPSA) is 76.4 Å². The summed E-state index contributed by atoms with van der Waals surface area (Å²) in [5.41, 5.74) is 2.91. The number of rotatable bonds is 9. The Morgan fingerprint density at radius 1 is 1.22 bits per heavy atom. The minimum atomic E-state index is -0.284. The van der Waals surface area contributed by atoms with Crippen molar-refractivity contribution in [3.05, 3.63) is 65.6 Å². The van der Waals surface area contributed by atoms with E-state index in [2.05, 4.69) is 33.9 Å². The highest BCUT2D eigenvalue weighted by atomic mass is 32.2. The van der Waals surface area contributed by atoms with Crippen LogP contribution in [0.5, 0.6) is 0 Å². The molecule has 3 atom stereocenters. The van der Waals surface area contributed by atoms with Crippen LogP contribution in [0.15, 0.2) is 48.7 Å². The highest BCUT2D eigenvalue weighted by molar-refractivity contribution is 7.98. The van der Waals surface area contributed by atoms with E-state index in [1.807, 2.05) is 47.9 Å². The van der Waals surface area contributed by atoms with Crippen molar-refractivity contribution >= 4 is 29.1 Å². The fourth-order valence-corrected chi connectivity index (χ4v) is 4.85. The van der Waals surface area contributed by atoms with Gasteiger partial charge in [-0.3, -0.25) is 14.0 Å². The number of aromatic nitrogens is 3. The Morgan fingerprint density at radius 2 is 2.03 bits per heavy atom. The fourth-order valence-electron chi connectivity index (χ4n) is 4.38. The van der Waals surface area contributed by atoms with Gasteiger partial charge < -0.3 is 5.32 Å². The third kappa shape index (κ3) is 5.04. The van der Waals surface area contributed by atoms with Gasteiger partial charge in [0.25, 0.3) is 0 Å². The van der Waals surface area contributed by atoms with Gasteiger partial charge in [-0.25, -0.2) is 0 Å². The molecule has 0 saturated heterocycles. The maximum atomic E-state index is 13.1. The van der Waals surface area contributed by atoms with Gasteiger partial charge in [-0.15, -0.1) is 10.2 Å². The molecule has 168 valence electrons. The molecule has 0 unspecified atom stereocenters. The molecule has 4 rings (SSSR count). The van der Waals surface area contributed by atoms with E-state index in [1.54, 1.807) is 11.8 Å². The Balaban J connectivity index is 1.45. The lowest BCUT2D eigenvalue weighted by atomic mass is 9.94. The minimum Gasteiger partial charge on any atom is -0.346 e. The molecule has 0 aliphatic heterocycles. The zero-order chi connectivity index (χ0) is 22.5. The van der Waals surface area contributed by atoms with E-state index in [-0.39, 0.29) is 23.8 Å². The summed E-state index contributed by atoms with van der Waals surface area (Å²) in [6.45, 7) is 1.93. The molecule has 1 N–H and O–H groups in total. The zero-order valence-electron chi connectivity index (χ0n) is 18.7. The third-order valence-electron chi connectivity index (χ3n) is 6.37. The normalized spacial score (nSPS) is 18.1. The SMILES string of the molecule is CSCC[C@H](NC(=O)[C@@H](C)c1ccc(C[C@H]2CCCC2=O)cc1)c1nnc2ccccn12. The van der Waals surface area contributed by atoms with Crippen molar-refractivity contribution in [1.29, 1.82) is 0 Å². The number of nitrogens with one attached hydrogen (secondary N) is 1. The highest BCUT2D eigenvalue weighted by Crippen LogP contribution is 2.26. The number of nitrogens with zero attached hydrogens (tertiary/aromatic N) is 3. The molecule has 0 bridgehead atoms. The van der Waals surface area contributed by atoms with Gasteiger partial charge in [0.2, 0.25) is 5.91 Å². The van der Waals surface area contributed by atoms with Crippen LogP contribution in [0.2, 0.25) is 0 Å². The van der Waals surface area contributed by atoms with Crippen LogP contribution in [0.3, 0.4) is 0 Å². The van der Waals surface area contributed by atoms with Crippen LogP contribution in [-0.4, -0.2) is 38.3 Å². The number of benzene rings is 1. The first-order valence-electron chi connectivity index (χ1n) is 11.3. The van der Waals surface area contributed by atoms with E-state index < -0.39 is 0 Å². The van der Waals surface area contributed by atoms with Crippen molar-refractivity contribution in [2.24, 2.45) is 5.92 Å². The number of carbonyl (C=O) groups is 2. The van der Waals surface area contributed by atoms with Gasteiger partial charge in [0, 0.05) is 18.5 Å². The van der Waals surface area contributed by atoms with Crippen molar-refractivity contribution in [2.45, 2.75) is 51.0 Å². The van der Waals surface area contributed by atoms with E-state index in [4.69, 9.17) is 0 Å². The second kappa shape index (κ2) is 10.3. The molecule has 0 radical (unpaired) electrons. The van der Waals surface area contributed by atoms with Crippen molar-refractivity contribution in [2.75, 3.05) is 12.0 Å². The average Bonchev–Trinajstić information content (AvgIpc) is 3.42. The van der Waals surface area contributed by atoms with Crippen molar-refractivity contribution in [3.8, 4) is 0 Å². The van der Waals surface area contributed by atoms with Gasteiger partial charge in [-0.2, -0.15) is 11.8 Å². The quantitative estimate of drug-likeness (QED) is 0.524. The monoisotopic (exact) mass is 450 g/mol. The molecule has 2 heterocycles. The fraction of sp³-hybridized carbons (Fsp3) is 0.440. The lowest BCUT2D eigenvalue weighted by Gasteiger charge is -2.20. The van der Waals surface area contributed by atoms with Gasteiger partial charge in [-0.05, 0) is 67.9 Å². The molecule has 2 aromatic heterocycles. The number of Topliss-reactive ketones (excluding diaryl/α,β-unsaturated/α-hetero) is 1. The van der Waals surface area contributed by atoms with E-state index in [0.29, 0.717) is 5.78 Å². The Labute approximate surface area is 193 Å². The summed E-state index contributed by atoms with van der Waals surface area (Å²) >= 11 is 1.75. The van der Waals surface area contributed by atoms with Crippen molar-refractivity contribution < 1.29 is 9.59 Å². The van der Waals surface area contributed by atoms with Crippen LogP contribution in [-0.2, 0) is 16.0 Å². The number of pyridine rings is 1. The number of fused-ring (bicyclic) bond motifs is 1. The summed E-state index contributed by atoms with van der Waals surface area (Å²) in [6, 6.07) is 13.7. The van der Waals surface area contributed by atoms with Crippen LogP contribution in [0.25, 0.3) is 5.65 Å². The molecule has 1 saturated carbocycles. The van der Waals surface area contributed by atoms with Gasteiger partial charge in [-0.1, -0.05) is 30.3 Å². The van der Waals surface area contributed by atoms with E-state index in [9.17, 15) is 9.59 Å². The van der Waals surface area contributed by atoms with E-state index >= 15 is 0 Å². The van der Waals surface area contributed by atoms with Crippen LogP contribution < -0.4 is 5.32 Å². The van der Waals surface area contributed by atoms with Crippen LogP contribution >= 0.6 is 11.8 Å². The first-order valence-corrected chi connectivity index (χ1v) is 12.7. The first kappa shape index (κ1) is 22.5. The Morgan fingerprint density at radius 3 is 2.75 bits per heavy atom. The van der Waals surface area contributed by atoms with Gasteiger partial charge in [0.1, 0.15) is 5.78 Å². The van der Waals surface area contributed by atoms with Gasteiger partial charge >= 0.3 is 0 Å². The Kier molecular flexibility index (Phi) is 7.25. The predicted molar refractivity (Wildman–Crippen MR) is 128 cm³/mol. The predicted octanol–water partition coefficient (Wildman–Crippen LogP) is 4.36. The summed E-state index contributed by atoms with van der Waals surface area (Å²) in [6.07, 6.45) is 8.30. The molecule has 1 aliphatic carbocycles. The van der Waals surface area contributed by atoms with Crippen molar-refractivity contribution in [1.82, 2.24) is 19.9 Å². The maximum Gasteiger partial charge on any atom is 0.227 e. The van der Waals surface area contributed by atoms with E-state index in [0.717, 1.165) is 60.5 Å². The number of amides is 1. The van der Waals surface area contributed by atoms with Gasteiger partial charge in [0.05, 0.1) is 12.0 Å². The number of ketones is 1. The number of thioether (sulfide) groups is 1. The van der Waals surface area contributed by atoms with E-state index in [1.165, 1.54) is 0 Å². The molecule has 0 spiro atoms. The highest BCUT2D eigenvalue weighted by Gasteiger charge is 2.25. The van der Waals surface area contributed by atoms with Crippen LogP contribution in [0.4, 0.5) is 0 Å².